The lowest BCUT2D eigenvalue weighted by atomic mass is 9.96. The summed E-state index contributed by atoms with van der Waals surface area (Å²) in [4.78, 5) is 13.0. The molecule has 0 fully saturated rings. The second-order valence-corrected chi connectivity index (χ2v) is 5.34. The van der Waals surface area contributed by atoms with Gasteiger partial charge in [0.25, 0.3) is 0 Å². The highest BCUT2D eigenvalue weighted by Gasteiger charge is 2.26. The number of carbonyl (C=O) groups is 1. The van der Waals surface area contributed by atoms with Crippen LogP contribution in [0.4, 0.5) is 0 Å². The van der Waals surface area contributed by atoms with E-state index < -0.39 is 11.5 Å². The van der Waals surface area contributed by atoms with E-state index in [0.717, 1.165) is 25.9 Å². The molecule has 0 spiro atoms. The molecule has 0 radical (unpaired) electrons. The molecule has 0 aromatic carbocycles. The number of hydrogen-bond acceptors (Lipinski definition) is 3. The zero-order valence-corrected chi connectivity index (χ0v) is 11.0. The Morgan fingerprint density at radius 1 is 1.44 bits per heavy atom. The quantitative estimate of drug-likeness (QED) is 0.621. The molecule has 0 aliphatic rings. The zero-order valence-electron chi connectivity index (χ0n) is 11.0. The Labute approximate surface area is 98.8 Å². The minimum Gasteiger partial charge on any atom is -0.480 e. The smallest absolute Gasteiger partial charge is 0.323 e. The Balaban J connectivity index is 3.64. The average Bonchev–Trinajstić information content (AvgIpc) is 2.11. The molecule has 1 unspecified atom stereocenters. The number of nitrogens with two attached hydrogens (primary N) is 1. The van der Waals surface area contributed by atoms with Crippen molar-refractivity contribution in [2.24, 2.45) is 11.7 Å². The van der Waals surface area contributed by atoms with Gasteiger partial charge in [-0.1, -0.05) is 13.8 Å². The molecule has 0 saturated carbocycles. The maximum atomic E-state index is 10.8. The molecule has 4 heteroatoms. The second-order valence-electron chi connectivity index (χ2n) is 5.34. The first-order chi connectivity index (χ1) is 7.25. The molecular formula is C12H26N2O2. The average molecular weight is 230 g/mol. The highest BCUT2D eigenvalue weighted by atomic mass is 16.4. The van der Waals surface area contributed by atoms with E-state index in [1.165, 1.54) is 0 Å². The maximum Gasteiger partial charge on any atom is 0.323 e. The van der Waals surface area contributed by atoms with Crippen LogP contribution in [0.5, 0.6) is 0 Å². The van der Waals surface area contributed by atoms with Crippen molar-refractivity contribution in [3.8, 4) is 0 Å². The summed E-state index contributed by atoms with van der Waals surface area (Å²) >= 11 is 0. The first-order valence-electron chi connectivity index (χ1n) is 5.96. The fraction of sp³-hybridized carbons (Fsp3) is 0.917. The molecule has 0 rings (SSSR count). The topological polar surface area (TPSA) is 66.6 Å². The third-order valence-electron chi connectivity index (χ3n) is 2.65. The normalized spacial score (nSPS) is 15.4. The lowest BCUT2D eigenvalue weighted by molar-refractivity contribution is -0.142. The monoisotopic (exact) mass is 230 g/mol. The summed E-state index contributed by atoms with van der Waals surface area (Å²) in [5.41, 5.74) is 4.57. The van der Waals surface area contributed by atoms with Crippen LogP contribution in [0.2, 0.25) is 0 Å². The lowest BCUT2D eigenvalue weighted by Gasteiger charge is -2.21. The van der Waals surface area contributed by atoms with Gasteiger partial charge in [0.2, 0.25) is 0 Å². The van der Waals surface area contributed by atoms with E-state index in [9.17, 15) is 4.79 Å². The number of unbranched alkanes of at least 4 members (excludes halogenated alkanes) is 1. The molecule has 0 amide bonds. The molecule has 1 atom stereocenters. The van der Waals surface area contributed by atoms with Crippen molar-refractivity contribution >= 4 is 5.97 Å². The van der Waals surface area contributed by atoms with Crippen molar-refractivity contribution in [3.63, 3.8) is 0 Å². The highest BCUT2D eigenvalue weighted by Crippen LogP contribution is 2.11. The van der Waals surface area contributed by atoms with E-state index in [4.69, 9.17) is 10.8 Å². The van der Waals surface area contributed by atoms with Gasteiger partial charge in [-0.25, -0.2) is 0 Å². The summed E-state index contributed by atoms with van der Waals surface area (Å²) < 4.78 is 0. The van der Waals surface area contributed by atoms with Crippen LogP contribution in [-0.4, -0.2) is 41.7 Å². The van der Waals surface area contributed by atoms with E-state index in [-0.39, 0.29) is 0 Å². The van der Waals surface area contributed by atoms with Crippen molar-refractivity contribution in [1.82, 2.24) is 4.90 Å². The number of aliphatic carboxylic acids is 1. The molecule has 0 aromatic heterocycles. The molecule has 16 heavy (non-hydrogen) atoms. The standard InChI is InChI=1S/C12H26N2O2/c1-10(2)9-14(4)8-6-5-7-12(3,13)11(15)16/h10H,5-9,13H2,1-4H3,(H,15,16). The van der Waals surface area contributed by atoms with Crippen molar-refractivity contribution in [3.05, 3.63) is 0 Å². The molecule has 0 bridgehead atoms. The Bertz CT molecular complexity index is 215. The van der Waals surface area contributed by atoms with Gasteiger partial charge in [-0.15, -0.1) is 0 Å². The Morgan fingerprint density at radius 3 is 2.44 bits per heavy atom. The number of hydrogen-bond donors (Lipinski definition) is 2. The van der Waals surface area contributed by atoms with Crippen molar-refractivity contribution < 1.29 is 9.90 Å². The van der Waals surface area contributed by atoms with Crippen molar-refractivity contribution in [2.45, 2.75) is 45.6 Å². The van der Waals surface area contributed by atoms with Crippen LogP contribution in [0.1, 0.15) is 40.0 Å². The molecule has 3 N–H and O–H groups in total. The molecular weight excluding hydrogens is 204 g/mol. The summed E-state index contributed by atoms with van der Waals surface area (Å²) in [6.45, 7) is 8.05. The van der Waals surface area contributed by atoms with Gasteiger partial charge in [-0.3, -0.25) is 4.79 Å². The minimum absolute atomic E-state index is 0.540. The molecule has 0 heterocycles. The third kappa shape index (κ3) is 6.80. The molecule has 4 nitrogen and oxygen atoms in total. The molecule has 0 aliphatic heterocycles. The van der Waals surface area contributed by atoms with E-state index in [1.54, 1.807) is 6.92 Å². The minimum atomic E-state index is -1.07. The molecule has 96 valence electrons. The number of nitrogens with zero attached hydrogens (tertiary/aromatic N) is 1. The number of rotatable bonds is 8. The predicted octanol–water partition coefficient (Wildman–Crippen LogP) is 1.55. The molecule has 0 saturated heterocycles. The first-order valence-corrected chi connectivity index (χ1v) is 5.96. The van der Waals surface area contributed by atoms with Gasteiger partial charge in [0, 0.05) is 6.54 Å². The van der Waals surface area contributed by atoms with E-state index >= 15 is 0 Å². The van der Waals surface area contributed by atoms with Crippen LogP contribution in [0.25, 0.3) is 0 Å². The second kappa shape index (κ2) is 6.86. The van der Waals surface area contributed by atoms with Gasteiger partial charge in [0.15, 0.2) is 0 Å². The fourth-order valence-electron chi connectivity index (χ4n) is 1.70. The summed E-state index contributed by atoms with van der Waals surface area (Å²) in [5.74, 6) is -0.244. The summed E-state index contributed by atoms with van der Waals surface area (Å²) in [5, 5.41) is 8.83. The largest absolute Gasteiger partial charge is 0.480 e. The number of carboxylic acid groups (broad SMARTS) is 1. The van der Waals surface area contributed by atoms with Gasteiger partial charge < -0.3 is 15.7 Å². The first kappa shape index (κ1) is 15.4. The predicted molar refractivity (Wildman–Crippen MR) is 66.4 cm³/mol. The maximum absolute atomic E-state index is 10.8. The van der Waals surface area contributed by atoms with Crippen molar-refractivity contribution in [1.29, 1.82) is 0 Å². The van der Waals surface area contributed by atoms with Crippen molar-refractivity contribution in [2.75, 3.05) is 20.1 Å². The lowest BCUT2D eigenvalue weighted by Crippen LogP contribution is -2.44. The van der Waals surface area contributed by atoms with E-state index in [2.05, 4.69) is 25.8 Å². The van der Waals surface area contributed by atoms with E-state index in [0.29, 0.717) is 12.3 Å². The summed E-state index contributed by atoms with van der Waals surface area (Å²) in [6, 6.07) is 0. The van der Waals surface area contributed by atoms with Gasteiger partial charge in [-0.2, -0.15) is 0 Å². The number of carboxylic acids is 1. The Morgan fingerprint density at radius 2 is 2.00 bits per heavy atom. The Kier molecular flexibility index (Phi) is 6.60. The van der Waals surface area contributed by atoms with Gasteiger partial charge in [0.05, 0.1) is 0 Å². The highest BCUT2D eigenvalue weighted by molar-refractivity contribution is 5.77. The fourth-order valence-corrected chi connectivity index (χ4v) is 1.70. The third-order valence-corrected chi connectivity index (χ3v) is 2.65. The van der Waals surface area contributed by atoms with Crippen LogP contribution in [0.15, 0.2) is 0 Å². The SMILES string of the molecule is CC(C)CN(C)CCCCC(C)(N)C(=O)O. The van der Waals surface area contributed by atoms with Crippen LogP contribution >= 0.6 is 0 Å². The van der Waals surface area contributed by atoms with Crippen LogP contribution in [0, 0.1) is 5.92 Å². The molecule has 0 aliphatic carbocycles. The molecule has 0 aromatic rings. The van der Waals surface area contributed by atoms with Gasteiger partial charge >= 0.3 is 5.97 Å². The summed E-state index contributed by atoms with van der Waals surface area (Å²) in [7, 11) is 2.10. The van der Waals surface area contributed by atoms with Gasteiger partial charge in [-0.05, 0) is 45.7 Å². The van der Waals surface area contributed by atoms with Crippen LogP contribution in [-0.2, 0) is 4.79 Å². The van der Waals surface area contributed by atoms with E-state index in [1.807, 2.05) is 0 Å². The zero-order chi connectivity index (χ0) is 12.8. The van der Waals surface area contributed by atoms with Gasteiger partial charge in [0.1, 0.15) is 5.54 Å². The van der Waals surface area contributed by atoms with Crippen LogP contribution in [0.3, 0.4) is 0 Å². The van der Waals surface area contributed by atoms with Crippen LogP contribution < -0.4 is 5.73 Å². The Hall–Kier alpha value is -0.610. The summed E-state index contributed by atoms with van der Waals surface area (Å²) in [6.07, 6.45) is 2.41.